The van der Waals surface area contributed by atoms with Gasteiger partial charge in [-0.15, -0.1) is 0 Å². The lowest BCUT2D eigenvalue weighted by atomic mass is 10.1. The minimum atomic E-state index is -4.65. The van der Waals surface area contributed by atoms with Gasteiger partial charge in [0.2, 0.25) is 5.91 Å². The lowest BCUT2D eigenvalue weighted by Gasteiger charge is -2.22. The maximum Gasteiger partial charge on any atom is 0.417 e. The Kier molecular flexibility index (Phi) is 4.57. The average Bonchev–Trinajstić information content (AvgIpc) is 3.39. The molecule has 1 aromatic heterocycles. The van der Waals surface area contributed by atoms with E-state index in [1.165, 1.54) is 4.90 Å². The van der Waals surface area contributed by atoms with E-state index in [1.54, 1.807) is 4.90 Å². The zero-order chi connectivity index (χ0) is 18.2. The molecule has 0 aromatic carbocycles. The smallest absolute Gasteiger partial charge is 0.341 e. The first-order valence-corrected chi connectivity index (χ1v) is 8.15. The minimum Gasteiger partial charge on any atom is -0.341 e. The second-order valence-corrected chi connectivity index (χ2v) is 6.37. The first-order valence-electron chi connectivity index (χ1n) is 8.15. The van der Waals surface area contributed by atoms with Gasteiger partial charge in [0, 0.05) is 38.3 Å². The van der Waals surface area contributed by atoms with E-state index in [9.17, 15) is 27.6 Å². The number of alkyl halides is 3. The quantitative estimate of drug-likeness (QED) is 0.871. The number of hydrogen-bond acceptors (Lipinski definition) is 3. The lowest BCUT2D eigenvalue weighted by Crippen LogP contribution is -2.39. The van der Waals surface area contributed by atoms with Crippen LogP contribution in [0.1, 0.15) is 35.2 Å². The van der Waals surface area contributed by atoms with Gasteiger partial charge in [-0.25, -0.2) is 0 Å². The Balaban J connectivity index is 1.74. The van der Waals surface area contributed by atoms with E-state index in [2.05, 4.69) is 0 Å². The van der Waals surface area contributed by atoms with Crippen LogP contribution in [-0.2, 0) is 11.0 Å². The van der Waals surface area contributed by atoms with Crippen LogP contribution >= 0.6 is 0 Å². The summed E-state index contributed by atoms with van der Waals surface area (Å²) in [6.07, 6.45) is -1.79. The van der Waals surface area contributed by atoms with E-state index in [1.807, 2.05) is 4.98 Å². The summed E-state index contributed by atoms with van der Waals surface area (Å²) >= 11 is 0. The standard InChI is InChI=1S/C16H18F3N3O3/c17-16(18,19)11-8-12(13(23)20-9-11)15(25)22-5-1-4-21(6-7-22)14(24)10-2-3-10/h8-10H,1-7H2,(H,20,23). The van der Waals surface area contributed by atoms with Crippen molar-refractivity contribution in [1.82, 2.24) is 14.8 Å². The fourth-order valence-corrected chi connectivity index (χ4v) is 2.91. The summed E-state index contributed by atoms with van der Waals surface area (Å²) in [6, 6.07) is 0.583. The number of H-pyrrole nitrogens is 1. The molecule has 6 nitrogen and oxygen atoms in total. The summed E-state index contributed by atoms with van der Waals surface area (Å²) in [5, 5.41) is 0. The van der Waals surface area contributed by atoms with Crippen LogP contribution in [0.25, 0.3) is 0 Å². The van der Waals surface area contributed by atoms with Gasteiger partial charge in [-0.1, -0.05) is 0 Å². The van der Waals surface area contributed by atoms with Crippen LogP contribution in [0, 0.1) is 5.92 Å². The maximum atomic E-state index is 12.8. The molecule has 0 unspecified atom stereocenters. The number of pyridine rings is 1. The molecule has 9 heteroatoms. The molecule has 0 atom stereocenters. The number of halogens is 3. The maximum absolute atomic E-state index is 12.8. The highest BCUT2D eigenvalue weighted by atomic mass is 19.4. The molecular weight excluding hydrogens is 339 g/mol. The molecule has 136 valence electrons. The number of carbonyl (C=O) groups excluding carboxylic acids is 2. The molecule has 1 aliphatic heterocycles. The van der Waals surface area contributed by atoms with Gasteiger partial charge in [-0.05, 0) is 25.3 Å². The van der Waals surface area contributed by atoms with Crippen molar-refractivity contribution in [3.05, 3.63) is 33.7 Å². The highest BCUT2D eigenvalue weighted by Gasteiger charge is 2.35. The molecule has 2 aliphatic rings. The normalized spacial score (nSPS) is 18.8. The zero-order valence-corrected chi connectivity index (χ0v) is 13.4. The van der Waals surface area contributed by atoms with E-state index in [-0.39, 0.29) is 18.4 Å². The average molecular weight is 357 g/mol. The van der Waals surface area contributed by atoms with Crippen molar-refractivity contribution in [2.75, 3.05) is 26.2 Å². The van der Waals surface area contributed by atoms with Gasteiger partial charge in [0.1, 0.15) is 5.56 Å². The largest absolute Gasteiger partial charge is 0.417 e. The minimum absolute atomic E-state index is 0.0752. The molecule has 0 spiro atoms. The number of nitrogens with zero attached hydrogens (tertiary/aromatic N) is 2. The van der Waals surface area contributed by atoms with Crippen molar-refractivity contribution in [3.8, 4) is 0 Å². The molecule has 1 N–H and O–H groups in total. The highest BCUT2D eigenvalue weighted by Crippen LogP contribution is 2.31. The van der Waals surface area contributed by atoms with Crippen molar-refractivity contribution < 1.29 is 22.8 Å². The Bertz CT molecular complexity index is 740. The number of aromatic nitrogens is 1. The molecule has 1 saturated heterocycles. The van der Waals surface area contributed by atoms with Crippen molar-refractivity contribution in [3.63, 3.8) is 0 Å². The third-order valence-electron chi connectivity index (χ3n) is 4.48. The Morgan fingerprint density at radius 3 is 2.36 bits per heavy atom. The number of aromatic amines is 1. The predicted molar refractivity (Wildman–Crippen MR) is 81.9 cm³/mol. The number of amides is 2. The van der Waals surface area contributed by atoms with E-state index < -0.39 is 28.8 Å². The van der Waals surface area contributed by atoms with Crippen molar-refractivity contribution in [2.24, 2.45) is 5.92 Å². The van der Waals surface area contributed by atoms with Gasteiger partial charge in [0.15, 0.2) is 0 Å². The second-order valence-electron chi connectivity index (χ2n) is 6.37. The van der Waals surface area contributed by atoms with Crippen LogP contribution in [0.3, 0.4) is 0 Å². The number of rotatable bonds is 2. The van der Waals surface area contributed by atoms with Gasteiger partial charge >= 0.3 is 6.18 Å². The number of hydrogen-bond donors (Lipinski definition) is 1. The van der Waals surface area contributed by atoms with E-state index in [0.29, 0.717) is 38.3 Å². The summed E-state index contributed by atoms with van der Waals surface area (Å²) in [5.41, 5.74) is -2.46. The summed E-state index contributed by atoms with van der Waals surface area (Å²) in [6.45, 7) is 1.34. The SMILES string of the molecule is O=C(c1cc(C(F)(F)F)c[nH]c1=O)N1CCCN(C(=O)C2CC2)CC1. The monoisotopic (exact) mass is 357 g/mol. The summed E-state index contributed by atoms with van der Waals surface area (Å²) in [5.74, 6) is -0.590. The number of carbonyl (C=O) groups is 2. The van der Waals surface area contributed by atoms with Crippen LogP contribution in [0.2, 0.25) is 0 Å². The molecular formula is C16H18F3N3O3. The van der Waals surface area contributed by atoms with Gasteiger partial charge in [0.25, 0.3) is 11.5 Å². The summed E-state index contributed by atoms with van der Waals surface area (Å²) in [4.78, 5) is 41.4. The Labute approximate surface area is 141 Å². The molecule has 1 aliphatic carbocycles. The van der Waals surface area contributed by atoms with Crippen LogP contribution in [0.4, 0.5) is 13.2 Å². The van der Waals surface area contributed by atoms with Crippen LogP contribution < -0.4 is 5.56 Å². The Hall–Kier alpha value is -2.32. The summed E-state index contributed by atoms with van der Waals surface area (Å²) in [7, 11) is 0. The molecule has 2 fully saturated rings. The van der Waals surface area contributed by atoms with E-state index >= 15 is 0 Å². The third-order valence-corrected chi connectivity index (χ3v) is 4.48. The van der Waals surface area contributed by atoms with Crippen LogP contribution in [0.15, 0.2) is 17.1 Å². The van der Waals surface area contributed by atoms with E-state index in [0.717, 1.165) is 12.8 Å². The summed E-state index contributed by atoms with van der Waals surface area (Å²) < 4.78 is 38.4. The highest BCUT2D eigenvalue weighted by molar-refractivity contribution is 5.94. The molecule has 1 aromatic rings. The molecule has 2 heterocycles. The first kappa shape index (κ1) is 17.5. The predicted octanol–water partition coefficient (Wildman–Crippen LogP) is 1.48. The van der Waals surface area contributed by atoms with Crippen molar-refractivity contribution in [2.45, 2.75) is 25.4 Å². The molecule has 2 amide bonds. The second kappa shape index (κ2) is 6.53. The van der Waals surface area contributed by atoms with Crippen LogP contribution in [-0.4, -0.2) is 52.8 Å². The molecule has 1 saturated carbocycles. The third kappa shape index (κ3) is 3.85. The molecule has 0 bridgehead atoms. The van der Waals surface area contributed by atoms with Gasteiger partial charge in [-0.2, -0.15) is 13.2 Å². The van der Waals surface area contributed by atoms with Gasteiger partial charge < -0.3 is 14.8 Å². The fraction of sp³-hybridized carbons (Fsp3) is 0.562. The molecule has 3 rings (SSSR count). The fourth-order valence-electron chi connectivity index (χ4n) is 2.91. The Morgan fingerprint density at radius 2 is 1.72 bits per heavy atom. The Morgan fingerprint density at radius 1 is 1.08 bits per heavy atom. The number of nitrogens with one attached hydrogen (secondary N) is 1. The van der Waals surface area contributed by atoms with Crippen LogP contribution in [0.5, 0.6) is 0 Å². The van der Waals surface area contributed by atoms with E-state index in [4.69, 9.17) is 0 Å². The van der Waals surface area contributed by atoms with Gasteiger partial charge in [0.05, 0.1) is 5.56 Å². The van der Waals surface area contributed by atoms with Crippen molar-refractivity contribution >= 4 is 11.8 Å². The first-order chi connectivity index (χ1) is 11.8. The zero-order valence-electron chi connectivity index (χ0n) is 13.4. The molecule has 25 heavy (non-hydrogen) atoms. The lowest BCUT2D eigenvalue weighted by molar-refractivity contribution is -0.138. The van der Waals surface area contributed by atoms with Gasteiger partial charge in [-0.3, -0.25) is 14.4 Å². The van der Waals surface area contributed by atoms with Crippen molar-refractivity contribution in [1.29, 1.82) is 0 Å². The topological polar surface area (TPSA) is 73.5 Å². The molecule has 0 radical (unpaired) electrons.